The summed E-state index contributed by atoms with van der Waals surface area (Å²) in [6.07, 6.45) is 1.82. The van der Waals surface area contributed by atoms with Gasteiger partial charge in [-0.2, -0.15) is 0 Å². The molecule has 1 aliphatic heterocycles. The number of rotatable bonds is 4. The average molecular weight is 256 g/mol. The molecular formula is C13H18ClNO2. The summed E-state index contributed by atoms with van der Waals surface area (Å²) in [6, 6.07) is 5.74. The SMILES string of the molecule is COc1ccc(Cl)cc1CC(N)C1CCOC1. The van der Waals surface area contributed by atoms with Crippen molar-refractivity contribution in [1.82, 2.24) is 0 Å². The van der Waals surface area contributed by atoms with E-state index in [-0.39, 0.29) is 6.04 Å². The van der Waals surface area contributed by atoms with Crippen LogP contribution in [-0.2, 0) is 11.2 Å². The van der Waals surface area contributed by atoms with Gasteiger partial charge in [0.15, 0.2) is 0 Å². The lowest BCUT2D eigenvalue weighted by Gasteiger charge is -2.19. The van der Waals surface area contributed by atoms with Crippen molar-refractivity contribution in [3.63, 3.8) is 0 Å². The molecule has 1 aromatic rings. The first-order valence-electron chi connectivity index (χ1n) is 5.86. The molecule has 1 aliphatic rings. The van der Waals surface area contributed by atoms with Crippen molar-refractivity contribution in [1.29, 1.82) is 0 Å². The van der Waals surface area contributed by atoms with E-state index in [2.05, 4.69) is 0 Å². The monoisotopic (exact) mass is 255 g/mol. The fourth-order valence-electron chi connectivity index (χ4n) is 2.22. The highest BCUT2D eigenvalue weighted by Crippen LogP contribution is 2.26. The molecule has 0 spiro atoms. The second kappa shape index (κ2) is 5.71. The second-order valence-corrected chi connectivity index (χ2v) is 4.88. The van der Waals surface area contributed by atoms with Gasteiger partial charge in [0.1, 0.15) is 5.75 Å². The Morgan fingerprint density at radius 1 is 1.59 bits per heavy atom. The van der Waals surface area contributed by atoms with E-state index in [1.807, 2.05) is 18.2 Å². The summed E-state index contributed by atoms with van der Waals surface area (Å²) in [7, 11) is 1.66. The molecule has 1 saturated heterocycles. The highest BCUT2D eigenvalue weighted by molar-refractivity contribution is 6.30. The first-order chi connectivity index (χ1) is 8.20. The topological polar surface area (TPSA) is 44.5 Å². The first kappa shape index (κ1) is 12.7. The van der Waals surface area contributed by atoms with E-state index in [1.165, 1.54) is 0 Å². The van der Waals surface area contributed by atoms with Gasteiger partial charge >= 0.3 is 0 Å². The quantitative estimate of drug-likeness (QED) is 0.898. The molecular weight excluding hydrogens is 238 g/mol. The Morgan fingerprint density at radius 2 is 2.41 bits per heavy atom. The Hall–Kier alpha value is -0.770. The number of ether oxygens (including phenoxy) is 2. The van der Waals surface area contributed by atoms with Gasteiger partial charge in [-0.3, -0.25) is 0 Å². The molecule has 4 heteroatoms. The maximum Gasteiger partial charge on any atom is 0.122 e. The van der Waals surface area contributed by atoms with Crippen LogP contribution < -0.4 is 10.5 Å². The standard InChI is InChI=1S/C13H18ClNO2/c1-16-13-3-2-11(14)6-10(13)7-12(15)9-4-5-17-8-9/h2-3,6,9,12H,4-5,7-8,15H2,1H3. The van der Waals surface area contributed by atoms with Crippen LogP contribution in [0, 0.1) is 5.92 Å². The average Bonchev–Trinajstić information content (AvgIpc) is 2.83. The van der Waals surface area contributed by atoms with Gasteiger partial charge in [0, 0.05) is 17.7 Å². The zero-order valence-electron chi connectivity index (χ0n) is 9.99. The highest BCUT2D eigenvalue weighted by atomic mass is 35.5. The first-order valence-corrected chi connectivity index (χ1v) is 6.24. The summed E-state index contributed by atoms with van der Waals surface area (Å²) in [5.74, 6) is 1.29. The fourth-order valence-corrected chi connectivity index (χ4v) is 2.41. The van der Waals surface area contributed by atoms with Crippen molar-refractivity contribution >= 4 is 11.6 Å². The van der Waals surface area contributed by atoms with Gasteiger partial charge in [-0.15, -0.1) is 0 Å². The maximum absolute atomic E-state index is 6.21. The lowest BCUT2D eigenvalue weighted by atomic mass is 9.93. The third-order valence-corrected chi connectivity index (χ3v) is 3.50. The third-order valence-electron chi connectivity index (χ3n) is 3.27. The van der Waals surface area contributed by atoms with Crippen LogP contribution in [0.5, 0.6) is 5.75 Å². The molecule has 0 bridgehead atoms. The minimum Gasteiger partial charge on any atom is -0.496 e. The molecule has 0 aliphatic carbocycles. The summed E-state index contributed by atoms with van der Waals surface area (Å²) >= 11 is 6.00. The molecule has 3 nitrogen and oxygen atoms in total. The second-order valence-electron chi connectivity index (χ2n) is 4.45. The molecule has 2 atom stereocenters. The van der Waals surface area contributed by atoms with E-state index in [0.29, 0.717) is 5.92 Å². The van der Waals surface area contributed by atoms with Gasteiger partial charge in [-0.25, -0.2) is 0 Å². The molecule has 1 fully saturated rings. The lowest BCUT2D eigenvalue weighted by Crippen LogP contribution is -2.32. The van der Waals surface area contributed by atoms with Crippen molar-refractivity contribution in [2.45, 2.75) is 18.9 Å². The van der Waals surface area contributed by atoms with Crippen LogP contribution in [0.1, 0.15) is 12.0 Å². The van der Waals surface area contributed by atoms with E-state index in [1.54, 1.807) is 7.11 Å². The van der Waals surface area contributed by atoms with Crippen LogP contribution in [0.15, 0.2) is 18.2 Å². The molecule has 0 amide bonds. The molecule has 94 valence electrons. The van der Waals surface area contributed by atoms with E-state index < -0.39 is 0 Å². The minimum absolute atomic E-state index is 0.102. The summed E-state index contributed by atoms with van der Waals surface area (Å²) in [6.45, 7) is 1.59. The Morgan fingerprint density at radius 3 is 3.06 bits per heavy atom. The van der Waals surface area contributed by atoms with Crippen molar-refractivity contribution in [3.8, 4) is 5.75 Å². The minimum atomic E-state index is 0.102. The molecule has 17 heavy (non-hydrogen) atoms. The molecule has 2 unspecified atom stereocenters. The van der Waals surface area contributed by atoms with Crippen LogP contribution in [0.25, 0.3) is 0 Å². The predicted octanol–water partition coefficient (Wildman–Crippen LogP) is 2.25. The zero-order chi connectivity index (χ0) is 12.3. The number of nitrogens with two attached hydrogens (primary N) is 1. The molecule has 2 N–H and O–H groups in total. The Labute approximate surface area is 107 Å². The van der Waals surface area contributed by atoms with Gasteiger partial charge in [0.05, 0.1) is 13.7 Å². The van der Waals surface area contributed by atoms with Gasteiger partial charge in [-0.05, 0) is 42.5 Å². The number of hydrogen-bond acceptors (Lipinski definition) is 3. The van der Waals surface area contributed by atoms with Crippen LogP contribution in [0.2, 0.25) is 5.02 Å². The van der Waals surface area contributed by atoms with E-state index >= 15 is 0 Å². The Balaban J connectivity index is 2.08. The van der Waals surface area contributed by atoms with Crippen LogP contribution in [-0.4, -0.2) is 26.4 Å². The van der Waals surface area contributed by atoms with Crippen molar-refractivity contribution in [3.05, 3.63) is 28.8 Å². The van der Waals surface area contributed by atoms with Gasteiger partial charge < -0.3 is 15.2 Å². The zero-order valence-corrected chi connectivity index (χ0v) is 10.7. The van der Waals surface area contributed by atoms with E-state index in [4.69, 9.17) is 26.8 Å². The van der Waals surface area contributed by atoms with Crippen molar-refractivity contribution < 1.29 is 9.47 Å². The summed E-state index contributed by atoms with van der Waals surface area (Å²) in [5.41, 5.74) is 7.27. The highest BCUT2D eigenvalue weighted by Gasteiger charge is 2.23. The number of hydrogen-bond donors (Lipinski definition) is 1. The number of methoxy groups -OCH3 is 1. The van der Waals surface area contributed by atoms with Crippen LogP contribution in [0.4, 0.5) is 0 Å². The summed E-state index contributed by atoms with van der Waals surface area (Å²) in [4.78, 5) is 0. The van der Waals surface area contributed by atoms with Gasteiger partial charge in [0.2, 0.25) is 0 Å². The molecule has 0 aromatic heterocycles. The smallest absolute Gasteiger partial charge is 0.122 e. The van der Waals surface area contributed by atoms with Gasteiger partial charge in [0.25, 0.3) is 0 Å². The normalized spacial score (nSPS) is 21.5. The molecule has 1 aromatic carbocycles. The van der Waals surface area contributed by atoms with E-state index in [9.17, 15) is 0 Å². The Bertz CT molecular complexity index is 378. The summed E-state index contributed by atoms with van der Waals surface area (Å²) in [5, 5.41) is 0.718. The van der Waals surface area contributed by atoms with Gasteiger partial charge in [-0.1, -0.05) is 11.6 Å². The van der Waals surface area contributed by atoms with Crippen molar-refractivity contribution in [2.75, 3.05) is 20.3 Å². The predicted molar refractivity (Wildman–Crippen MR) is 68.6 cm³/mol. The van der Waals surface area contributed by atoms with Crippen LogP contribution >= 0.6 is 11.6 Å². The maximum atomic E-state index is 6.21. The molecule has 0 saturated carbocycles. The molecule has 1 heterocycles. The lowest BCUT2D eigenvalue weighted by molar-refractivity contribution is 0.180. The van der Waals surface area contributed by atoms with E-state index in [0.717, 1.165) is 42.4 Å². The largest absolute Gasteiger partial charge is 0.496 e. The number of benzene rings is 1. The third kappa shape index (κ3) is 3.12. The summed E-state index contributed by atoms with van der Waals surface area (Å²) < 4.78 is 10.7. The molecule has 2 rings (SSSR count). The van der Waals surface area contributed by atoms with Crippen molar-refractivity contribution in [2.24, 2.45) is 11.7 Å². The fraction of sp³-hybridized carbons (Fsp3) is 0.538. The molecule has 0 radical (unpaired) electrons. The van der Waals surface area contributed by atoms with Crippen LogP contribution in [0.3, 0.4) is 0 Å². The number of halogens is 1. The Kier molecular flexibility index (Phi) is 4.26.